The second-order valence-corrected chi connectivity index (χ2v) is 7.95. The molecule has 2 N–H and O–H groups in total. The lowest BCUT2D eigenvalue weighted by atomic mass is 9.98. The highest BCUT2D eigenvalue weighted by atomic mass is 16.2. The Bertz CT molecular complexity index is 1750. The van der Waals surface area contributed by atoms with Crippen molar-refractivity contribution in [1.82, 2.24) is 39.7 Å². The van der Waals surface area contributed by atoms with E-state index in [4.69, 9.17) is 0 Å². The summed E-state index contributed by atoms with van der Waals surface area (Å²) in [5.74, 6) is 0.526. The number of para-hydroxylation sites is 1. The van der Waals surface area contributed by atoms with E-state index in [1.165, 1.54) is 4.57 Å². The molecule has 0 spiro atoms. The first kappa shape index (κ1) is 20.5. The molecule has 0 fully saturated rings. The quantitative estimate of drug-likeness (QED) is 0.406. The lowest BCUT2D eigenvalue weighted by Gasteiger charge is -2.09. The van der Waals surface area contributed by atoms with Gasteiger partial charge in [-0.2, -0.15) is 5.21 Å². The zero-order valence-corrected chi connectivity index (χ0v) is 18.3. The number of hydrogen-bond donors (Lipinski definition) is 2. The lowest BCUT2D eigenvalue weighted by molar-refractivity contribution is 0.817. The Morgan fingerprint density at radius 3 is 2.31 bits per heavy atom. The summed E-state index contributed by atoms with van der Waals surface area (Å²) in [6.07, 6.45) is 1.58. The minimum Gasteiger partial charge on any atom is -0.320 e. The predicted molar refractivity (Wildman–Crippen MR) is 130 cm³/mol. The van der Waals surface area contributed by atoms with Gasteiger partial charge in [0.1, 0.15) is 0 Å². The number of aromatic amines is 2. The van der Waals surface area contributed by atoms with Crippen molar-refractivity contribution in [3.8, 4) is 28.2 Å². The molecule has 0 aliphatic carbocycles. The van der Waals surface area contributed by atoms with E-state index in [1.807, 2.05) is 66.7 Å². The van der Waals surface area contributed by atoms with Crippen molar-refractivity contribution in [3.63, 3.8) is 0 Å². The molecule has 170 valence electrons. The van der Waals surface area contributed by atoms with Gasteiger partial charge in [0.05, 0.1) is 12.0 Å². The van der Waals surface area contributed by atoms with Gasteiger partial charge in [0.2, 0.25) is 5.82 Å². The number of fused-ring (bicyclic) bond motifs is 1. The molecule has 0 amide bonds. The molecule has 3 aromatic carbocycles. The van der Waals surface area contributed by atoms with E-state index in [-0.39, 0.29) is 0 Å². The van der Waals surface area contributed by atoms with E-state index < -0.39 is 11.2 Å². The fourth-order valence-electron chi connectivity index (χ4n) is 4.20. The third kappa shape index (κ3) is 3.62. The number of rotatable bonds is 5. The van der Waals surface area contributed by atoms with Crippen LogP contribution in [0, 0.1) is 0 Å². The van der Waals surface area contributed by atoms with E-state index in [1.54, 1.807) is 23.0 Å². The second kappa shape index (κ2) is 8.34. The molecular weight excluding hydrogens is 444 g/mol. The van der Waals surface area contributed by atoms with Crippen LogP contribution in [0.5, 0.6) is 0 Å². The molecule has 6 aromatic rings. The van der Waals surface area contributed by atoms with Gasteiger partial charge in [0.15, 0.2) is 11.2 Å². The van der Waals surface area contributed by atoms with Crippen molar-refractivity contribution in [3.05, 3.63) is 112 Å². The predicted octanol–water partition coefficient (Wildman–Crippen LogP) is 2.77. The summed E-state index contributed by atoms with van der Waals surface area (Å²) in [6, 6.07) is 25.0. The van der Waals surface area contributed by atoms with E-state index in [9.17, 15) is 9.59 Å². The van der Waals surface area contributed by atoms with Crippen molar-refractivity contribution >= 4 is 11.2 Å². The molecule has 10 nitrogen and oxygen atoms in total. The monoisotopic (exact) mass is 462 g/mol. The molecule has 0 aliphatic heterocycles. The SMILES string of the molecule is O=c1[nH]c(=O)n(-c2ccccc2)c2ncn(Cc3ccc(-c4ccccc4-c4nn[nH]n4)cc3)c12. The minimum absolute atomic E-state index is 0.315. The number of imidazole rings is 1. The van der Waals surface area contributed by atoms with Gasteiger partial charge in [0, 0.05) is 12.1 Å². The Hall–Kier alpha value is -5.12. The van der Waals surface area contributed by atoms with Crippen LogP contribution < -0.4 is 11.2 Å². The van der Waals surface area contributed by atoms with Gasteiger partial charge in [0.25, 0.3) is 5.56 Å². The summed E-state index contributed by atoms with van der Waals surface area (Å²) in [4.78, 5) is 32.1. The average Bonchev–Trinajstić information content (AvgIpc) is 3.56. The van der Waals surface area contributed by atoms with Gasteiger partial charge >= 0.3 is 5.69 Å². The van der Waals surface area contributed by atoms with E-state index in [0.29, 0.717) is 29.2 Å². The molecule has 10 heteroatoms. The maximum atomic E-state index is 12.7. The number of tetrazole rings is 1. The Balaban J connectivity index is 1.36. The van der Waals surface area contributed by atoms with E-state index >= 15 is 0 Å². The minimum atomic E-state index is -0.524. The number of benzene rings is 3. The van der Waals surface area contributed by atoms with Crippen LogP contribution >= 0.6 is 0 Å². The van der Waals surface area contributed by atoms with Crippen LogP contribution in [0.1, 0.15) is 5.56 Å². The molecule has 35 heavy (non-hydrogen) atoms. The van der Waals surface area contributed by atoms with Crippen molar-refractivity contribution < 1.29 is 0 Å². The normalized spacial score (nSPS) is 11.2. The van der Waals surface area contributed by atoms with Gasteiger partial charge in [-0.3, -0.25) is 9.78 Å². The third-order valence-electron chi connectivity index (χ3n) is 5.81. The van der Waals surface area contributed by atoms with Gasteiger partial charge in [-0.15, -0.1) is 10.2 Å². The van der Waals surface area contributed by atoms with Crippen LogP contribution in [0.2, 0.25) is 0 Å². The van der Waals surface area contributed by atoms with Crippen molar-refractivity contribution in [1.29, 1.82) is 0 Å². The first-order valence-corrected chi connectivity index (χ1v) is 10.9. The Morgan fingerprint density at radius 2 is 1.57 bits per heavy atom. The Morgan fingerprint density at radius 1 is 0.829 bits per heavy atom. The van der Waals surface area contributed by atoms with Crippen molar-refractivity contribution in [2.45, 2.75) is 6.54 Å². The smallest absolute Gasteiger partial charge is 0.320 e. The van der Waals surface area contributed by atoms with Gasteiger partial charge < -0.3 is 4.57 Å². The van der Waals surface area contributed by atoms with Crippen LogP contribution in [0.15, 0.2) is 94.8 Å². The third-order valence-corrected chi connectivity index (χ3v) is 5.81. The van der Waals surface area contributed by atoms with Crippen LogP contribution in [-0.4, -0.2) is 39.7 Å². The highest BCUT2D eigenvalue weighted by Crippen LogP contribution is 2.29. The first-order valence-electron chi connectivity index (χ1n) is 10.9. The van der Waals surface area contributed by atoms with Crippen LogP contribution in [0.3, 0.4) is 0 Å². The summed E-state index contributed by atoms with van der Waals surface area (Å²) in [6.45, 7) is 0.416. The zero-order chi connectivity index (χ0) is 23.8. The molecule has 0 saturated heterocycles. The molecular formula is C25H18N8O2. The highest BCUT2D eigenvalue weighted by Gasteiger charge is 2.15. The van der Waals surface area contributed by atoms with E-state index in [2.05, 4.69) is 30.6 Å². The number of nitrogens with one attached hydrogen (secondary N) is 2. The molecule has 0 radical (unpaired) electrons. The molecule has 0 unspecified atom stereocenters. The van der Waals surface area contributed by atoms with Crippen LogP contribution in [0.25, 0.3) is 39.4 Å². The molecule has 0 aliphatic rings. The summed E-state index contributed by atoms with van der Waals surface area (Å²) < 4.78 is 3.15. The number of nitrogens with zero attached hydrogens (tertiary/aromatic N) is 6. The maximum absolute atomic E-state index is 12.7. The molecule has 6 rings (SSSR count). The van der Waals surface area contributed by atoms with Crippen LogP contribution in [-0.2, 0) is 6.54 Å². The standard InChI is InChI=1S/C25H18N8O2/c34-24-21-23(33(25(35)27-24)18-6-2-1-3-7-18)26-15-32(21)14-16-10-12-17(13-11-16)19-8-4-5-9-20(19)22-28-30-31-29-22/h1-13,15H,14H2,(H,27,34,35)(H,28,29,30,31). The fraction of sp³-hybridized carbons (Fsp3) is 0.0400. The summed E-state index contributed by atoms with van der Waals surface area (Å²) in [5.41, 5.74) is 4.12. The first-order chi connectivity index (χ1) is 17.2. The number of H-pyrrole nitrogens is 2. The molecule has 0 bridgehead atoms. The lowest BCUT2D eigenvalue weighted by Crippen LogP contribution is -2.30. The molecule has 3 aromatic heterocycles. The van der Waals surface area contributed by atoms with Gasteiger partial charge in [-0.25, -0.2) is 14.3 Å². The van der Waals surface area contributed by atoms with Crippen molar-refractivity contribution in [2.75, 3.05) is 0 Å². The summed E-state index contributed by atoms with van der Waals surface area (Å²) in [7, 11) is 0. The number of hydrogen-bond acceptors (Lipinski definition) is 6. The molecule has 0 atom stereocenters. The Kier molecular flexibility index (Phi) is 4.88. The number of aromatic nitrogens is 8. The highest BCUT2D eigenvalue weighted by molar-refractivity contribution is 5.80. The largest absolute Gasteiger partial charge is 0.334 e. The molecule has 3 heterocycles. The van der Waals surface area contributed by atoms with Crippen molar-refractivity contribution in [2.24, 2.45) is 0 Å². The average molecular weight is 462 g/mol. The Labute approximate surface area is 197 Å². The maximum Gasteiger partial charge on any atom is 0.334 e. The van der Waals surface area contributed by atoms with Gasteiger partial charge in [-0.1, -0.05) is 66.7 Å². The fourth-order valence-corrected chi connectivity index (χ4v) is 4.20. The summed E-state index contributed by atoms with van der Waals surface area (Å²) in [5, 5.41) is 14.3. The van der Waals surface area contributed by atoms with Crippen LogP contribution in [0.4, 0.5) is 0 Å². The second-order valence-electron chi connectivity index (χ2n) is 7.95. The summed E-state index contributed by atoms with van der Waals surface area (Å²) >= 11 is 0. The van der Waals surface area contributed by atoms with Gasteiger partial charge in [-0.05, 0) is 34.0 Å². The van der Waals surface area contributed by atoms with E-state index in [0.717, 1.165) is 22.3 Å². The zero-order valence-electron chi connectivity index (χ0n) is 18.3. The topological polar surface area (TPSA) is 127 Å². The molecule has 0 saturated carbocycles.